The first-order valence-corrected chi connectivity index (χ1v) is 6.32. The summed E-state index contributed by atoms with van der Waals surface area (Å²) in [5.74, 6) is 0.574. The van der Waals surface area contributed by atoms with Gasteiger partial charge in [-0.1, -0.05) is 26.0 Å². The molecule has 0 radical (unpaired) electrons. The lowest BCUT2D eigenvalue weighted by Gasteiger charge is -2.25. The minimum Gasteiger partial charge on any atom is -0.436 e. The molecule has 0 saturated carbocycles. The van der Waals surface area contributed by atoms with Gasteiger partial charge in [-0.2, -0.15) is 0 Å². The third-order valence-corrected chi connectivity index (χ3v) is 2.77. The van der Waals surface area contributed by atoms with E-state index in [1.54, 1.807) is 12.1 Å². The maximum atomic E-state index is 10.9. The summed E-state index contributed by atoms with van der Waals surface area (Å²) < 4.78 is 5.08. The van der Waals surface area contributed by atoms with Crippen molar-refractivity contribution < 1.29 is 9.53 Å². The second kappa shape index (κ2) is 6.16. The SMILES string of the molecule is CC(=O)NCC(C)(C)c1ccc(OC(=S)Cl)cc1. The summed E-state index contributed by atoms with van der Waals surface area (Å²) in [5.41, 5.74) is 0.954. The summed E-state index contributed by atoms with van der Waals surface area (Å²) in [6.07, 6.45) is 0. The number of amides is 1. The highest BCUT2D eigenvalue weighted by Gasteiger charge is 2.20. The molecule has 0 aliphatic heterocycles. The zero-order valence-corrected chi connectivity index (χ0v) is 12.2. The van der Waals surface area contributed by atoms with Gasteiger partial charge in [-0.05, 0) is 41.5 Å². The zero-order chi connectivity index (χ0) is 13.8. The molecule has 0 fully saturated rings. The minimum atomic E-state index is -0.147. The van der Waals surface area contributed by atoms with Crippen molar-refractivity contribution in [2.45, 2.75) is 26.2 Å². The molecule has 0 aliphatic rings. The van der Waals surface area contributed by atoms with E-state index in [1.807, 2.05) is 12.1 Å². The molecule has 0 saturated heterocycles. The molecule has 5 heteroatoms. The highest BCUT2D eigenvalue weighted by molar-refractivity contribution is 7.82. The molecule has 0 unspecified atom stereocenters. The number of benzene rings is 1. The number of hydrogen-bond donors (Lipinski definition) is 1. The van der Waals surface area contributed by atoms with E-state index in [2.05, 4.69) is 31.4 Å². The standard InChI is InChI=1S/C13H16ClNO2S/c1-9(16)15-8-13(2,3)10-4-6-11(7-5-10)17-12(14)18/h4-7H,8H2,1-3H3,(H,15,16). The van der Waals surface area contributed by atoms with Crippen molar-refractivity contribution in [2.75, 3.05) is 6.54 Å². The van der Waals surface area contributed by atoms with Crippen LogP contribution in [0.5, 0.6) is 5.75 Å². The molecule has 0 aromatic heterocycles. The van der Waals surface area contributed by atoms with Crippen molar-refractivity contribution in [1.29, 1.82) is 0 Å². The average Bonchev–Trinajstić information content (AvgIpc) is 2.26. The summed E-state index contributed by atoms with van der Waals surface area (Å²) >= 11 is 10.1. The van der Waals surface area contributed by atoms with Gasteiger partial charge in [0.2, 0.25) is 5.91 Å². The van der Waals surface area contributed by atoms with Crippen molar-refractivity contribution in [3.05, 3.63) is 29.8 Å². The van der Waals surface area contributed by atoms with Gasteiger partial charge in [-0.15, -0.1) is 0 Å². The van der Waals surface area contributed by atoms with E-state index in [4.69, 9.17) is 16.3 Å². The minimum absolute atomic E-state index is 0.0275. The van der Waals surface area contributed by atoms with Gasteiger partial charge in [0.15, 0.2) is 0 Å². The summed E-state index contributed by atoms with van der Waals surface area (Å²) in [7, 11) is 0. The predicted molar refractivity (Wildman–Crippen MR) is 77.2 cm³/mol. The van der Waals surface area contributed by atoms with Gasteiger partial charge in [0.25, 0.3) is 4.51 Å². The smallest absolute Gasteiger partial charge is 0.260 e. The number of ether oxygens (including phenoxy) is 1. The Morgan fingerprint density at radius 3 is 2.39 bits per heavy atom. The zero-order valence-electron chi connectivity index (χ0n) is 10.6. The molecular weight excluding hydrogens is 270 g/mol. The van der Waals surface area contributed by atoms with E-state index < -0.39 is 0 Å². The molecule has 0 spiro atoms. The molecule has 0 heterocycles. The molecule has 1 rings (SSSR count). The first-order valence-electron chi connectivity index (χ1n) is 5.53. The van der Waals surface area contributed by atoms with Crippen LogP contribution in [-0.4, -0.2) is 17.0 Å². The van der Waals surface area contributed by atoms with Crippen LogP contribution >= 0.6 is 23.8 Å². The van der Waals surface area contributed by atoms with Gasteiger partial charge in [0.1, 0.15) is 5.75 Å². The van der Waals surface area contributed by atoms with Gasteiger partial charge in [0.05, 0.1) is 0 Å². The Labute approximate surface area is 117 Å². The Morgan fingerprint density at radius 2 is 1.94 bits per heavy atom. The summed E-state index contributed by atoms with van der Waals surface area (Å²) in [6, 6.07) is 7.48. The Bertz CT molecular complexity index is 443. The van der Waals surface area contributed by atoms with E-state index in [1.165, 1.54) is 6.92 Å². The van der Waals surface area contributed by atoms with Crippen molar-refractivity contribution in [1.82, 2.24) is 5.32 Å². The highest BCUT2D eigenvalue weighted by atomic mass is 35.5. The van der Waals surface area contributed by atoms with Crippen LogP contribution in [0.1, 0.15) is 26.3 Å². The molecule has 0 bridgehead atoms. The Kier molecular flexibility index (Phi) is 5.11. The van der Waals surface area contributed by atoms with Crippen molar-refractivity contribution in [3.8, 4) is 5.75 Å². The topological polar surface area (TPSA) is 38.3 Å². The van der Waals surface area contributed by atoms with Crippen LogP contribution in [-0.2, 0) is 10.2 Å². The lowest BCUT2D eigenvalue weighted by Crippen LogP contribution is -2.35. The van der Waals surface area contributed by atoms with Crippen molar-refractivity contribution >= 4 is 34.2 Å². The fourth-order valence-electron chi connectivity index (χ4n) is 1.51. The summed E-state index contributed by atoms with van der Waals surface area (Å²) in [4.78, 5) is 10.9. The van der Waals surface area contributed by atoms with Crippen molar-refractivity contribution in [3.63, 3.8) is 0 Å². The quantitative estimate of drug-likeness (QED) is 0.683. The van der Waals surface area contributed by atoms with E-state index >= 15 is 0 Å². The van der Waals surface area contributed by atoms with Crippen molar-refractivity contribution in [2.24, 2.45) is 0 Å². The molecule has 1 aromatic rings. The van der Waals surface area contributed by atoms with Crippen LogP contribution in [0.4, 0.5) is 0 Å². The molecule has 18 heavy (non-hydrogen) atoms. The van der Waals surface area contributed by atoms with Gasteiger partial charge in [0, 0.05) is 18.9 Å². The average molecular weight is 286 g/mol. The molecule has 1 amide bonds. The first-order chi connectivity index (χ1) is 8.31. The monoisotopic (exact) mass is 285 g/mol. The van der Waals surface area contributed by atoms with Crippen LogP contribution in [0.2, 0.25) is 0 Å². The van der Waals surface area contributed by atoms with Crippen LogP contribution in [0, 0.1) is 0 Å². The number of nitrogens with one attached hydrogen (secondary N) is 1. The number of carbonyl (C=O) groups is 1. The number of halogens is 1. The maximum absolute atomic E-state index is 10.9. The third kappa shape index (κ3) is 4.63. The molecule has 0 aliphatic carbocycles. The normalized spacial score (nSPS) is 10.9. The molecule has 1 aromatic carbocycles. The second-order valence-corrected chi connectivity index (χ2v) is 5.60. The van der Waals surface area contributed by atoms with E-state index in [9.17, 15) is 4.79 Å². The van der Waals surface area contributed by atoms with Crippen LogP contribution in [0.3, 0.4) is 0 Å². The Hall–Kier alpha value is -1.13. The largest absolute Gasteiger partial charge is 0.436 e. The van der Waals surface area contributed by atoms with Gasteiger partial charge in [-0.25, -0.2) is 0 Å². The predicted octanol–water partition coefficient (Wildman–Crippen LogP) is 3.00. The maximum Gasteiger partial charge on any atom is 0.260 e. The van der Waals surface area contributed by atoms with Gasteiger partial charge < -0.3 is 10.1 Å². The van der Waals surface area contributed by atoms with Gasteiger partial charge in [-0.3, -0.25) is 4.79 Å². The highest BCUT2D eigenvalue weighted by Crippen LogP contribution is 2.24. The fourth-order valence-corrected chi connectivity index (χ4v) is 1.70. The summed E-state index contributed by atoms with van der Waals surface area (Å²) in [6.45, 7) is 6.21. The Morgan fingerprint density at radius 1 is 1.39 bits per heavy atom. The lowest BCUT2D eigenvalue weighted by molar-refractivity contribution is -0.119. The number of rotatable bonds is 4. The Balaban J connectivity index is 2.76. The molecule has 3 nitrogen and oxygen atoms in total. The van der Waals surface area contributed by atoms with Crippen LogP contribution < -0.4 is 10.1 Å². The lowest BCUT2D eigenvalue weighted by atomic mass is 9.84. The molecule has 1 N–H and O–H groups in total. The number of carbonyl (C=O) groups excluding carboxylic acids is 1. The molecular formula is C13H16ClNO2S. The number of hydrogen-bond acceptors (Lipinski definition) is 3. The van der Waals surface area contributed by atoms with E-state index in [0.29, 0.717) is 12.3 Å². The van der Waals surface area contributed by atoms with Crippen LogP contribution in [0.25, 0.3) is 0 Å². The van der Waals surface area contributed by atoms with E-state index in [0.717, 1.165) is 5.56 Å². The van der Waals surface area contributed by atoms with Gasteiger partial charge >= 0.3 is 0 Å². The number of thiocarbonyl (C=S) groups is 1. The molecule has 98 valence electrons. The third-order valence-electron chi connectivity index (χ3n) is 2.61. The molecule has 0 atom stereocenters. The summed E-state index contributed by atoms with van der Waals surface area (Å²) in [5, 5.41) is 2.82. The van der Waals surface area contributed by atoms with Crippen LogP contribution in [0.15, 0.2) is 24.3 Å². The fraction of sp³-hybridized carbons (Fsp3) is 0.385. The van der Waals surface area contributed by atoms with E-state index in [-0.39, 0.29) is 15.8 Å². The second-order valence-electron chi connectivity index (χ2n) is 4.66. The first kappa shape index (κ1) is 14.9.